The van der Waals surface area contributed by atoms with E-state index in [0.29, 0.717) is 5.88 Å². The summed E-state index contributed by atoms with van der Waals surface area (Å²) in [5.74, 6) is 0.658. The van der Waals surface area contributed by atoms with Crippen LogP contribution in [0, 0.1) is 0 Å². The van der Waals surface area contributed by atoms with E-state index in [4.69, 9.17) is 11.6 Å². The Hall–Kier alpha value is -0.120. The van der Waals surface area contributed by atoms with Crippen molar-refractivity contribution in [3.63, 3.8) is 0 Å². The van der Waals surface area contributed by atoms with Crippen LogP contribution in [0.3, 0.4) is 0 Å². The number of nitrogens with zero attached hydrogens (tertiary/aromatic N) is 1. The maximum absolute atomic E-state index is 5.46. The van der Waals surface area contributed by atoms with Gasteiger partial charge >= 0.3 is 0 Å². The van der Waals surface area contributed by atoms with Crippen LogP contribution in [-0.4, -0.2) is 17.4 Å². The first-order valence-electron chi connectivity index (χ1n) is 3.08. The minimum atomic E-state index is 0.658. The summed E-state index contributed by atoms with van der Waals surface area (Å²) in [6.45, 7) is 1.69. The van der Waals surface area contributed by atoms with E-state index >= 15 is 0 Å². The van der Waals surface area contributed by atoms with Crippen LogP contribution in [0.5, 0.6) is 0 Å². The highest BCUT2D eigenvalue weighted by Gasteiger charge is 1.91. The Bertz CT molecular complexity index is 164. The van der Waals surface area contributed by atoms with Crippen LogP contribution < -0.4 is 5.32 Å². The highest BCUT2D eigenvalue weighted by atomic mass is 35.5. The van der Waals surface area contributed by atoms with Crippen LogP contribution in [-0.2, 0) is 6.54 Å². The van der Waals surface area contributed by atoms with Crippen LogP contribution >= 0.6 is 22.9 Å². The van der Waals surface area contributed by atoms with Gasteiger partial charge in [-0.2, -0.15) is 0 Å². The molecule has 0 saturated carbocycles. The van der Waals surface area contributed by atoms with Crippen molar-refractivity contribution in [2.24, 2.45) is 0 Å². The highest BCUT2D eigenvalue weighted by molar-refractivity contribution is 7.09. The van der Waals surface area contributed by atoms with Gasteiger partial charge in [-0.3, -0.25) is 0 Å². The SMILES string of the molecule is ClCCNCc1nccs1. The van der Waals surface area contributed by atoms with E-state index in [1.165, 1.54) is 0 Å². The number of rotatable bonds is 4. The molecular weight excluding hydrogens is 168 g/mol. The zero-order valence-electron chi connectivity index (χ0n) is 5.51. The van der Waals surface area contributed by atoms with Gasteiger partial charge < -0.3 is 5.32 Å². The van der Waals surface area contributed by atoms with Gasteiger partial charge in [0.15, 0.2) is 0 Å². The smallest absolute Gasteiger partial charge is 0.106 e. The molecule has 0 atom stereocenters. The summed E-state index contributed by atoms with van der Waals surface area (Å²) >= 11 is 7.12. The largest absolute Gasteiger partial charge is 0.309 e. The molecule has 0 bridgehead atoms. The maximum atomic E-state index is 5.46. The Morgan fingerprint density at radius 3 is 3.20 bits per heavy atom. The Morgan fingerprint density at radius 1 is 1.70 bits per heavy atom. The molecule has 1 rings (SSSR count). The van der Waals surface area contributed by atoms with Crippen LogP contribution in [0.1, 0.15) is 5.01 Å². The molecule has 10 heavy (non-hydrogen) atoms. The van der Waals surface area contributed by atoms with Gasteiger partial charge in [-0.25, -0.2) is 4.98 Å². The third-order valence-electron chi connectivity index (χ3n) is 1.03. The Balaban J connectivity index is 2.15. The first-order chi connectivity index (χ1) is 4.93. The van der Waals surface area contributed by atoms with E-state index in [9.17, 15) is 0 Å². The topological polar surface area (TPSA) is 24.9 Å². The van der Waals surface area contributed by atoms with Gasteiger partial charge in [0.05, 0.1) is 0 Å². The van der Waals surface area contributed by atoms with Crippen molar-refractivity contribution in [1.82, 2.24) is 10.3 Å². The summed E-state index contributed by atoms with van der Waals surface area (Å²) < 4.78 is 0. The second-order valence-corrected chi connectivity index (χ2v) is 3.15. The Labute approximate surface area is 69.2 Å². The third kappa shape index (κ3) is 2.64. The lowest BCUT2D eigenvalue weighted by Crippen LogP contribution is -2.15. The van der Waals surface area contributed by atoms with Gasteiger partial charge in [0.2, 0.25) is 0 Å². The molecule has 1 aromatic rings. The van der Waals surface area contributed by atoms with Crippen LogP contribution in [0.15, 0.2) is 11.6 Å². The van der Waals surface area contributed by atoms with Gasteiger partial charge in [0.1, 0.15) is 5.01 Å². The first-order valence-corrected chi connectivity index (χ1v) is 4.50. The van der Waals surface area contributed by atoms with E-state index in [1.54, 1.807) is 11.3 Å². The summed E-state index contributed by atoms with van der Waals surface area (Å²) in [6, 6.07) is 0. The second kappa shape index (κ2) is 4.66. The normalized spacial score (nSPS) is 10.1. The molecule has 0 aliphatic carbocycles. The average Bonchev–Trinajstić information content (AvgIpc) is 2.41. The predicted molar refractivity (Wildman–Crippen MR) is 44.5 cm³/mol. The molecule has 1 N–H and O–H groups in total. The lowest BCUT2D eigenvalue weighted by atomic mass is 10.6. The van der Waals surface area contributed by atoms with Crippen molar-refractivity contribution in [1.29, 1.82) is 0 Å². The zero-order chi connectivity index (χ0) is 7.23. The lowest BCUT2D eigenvalue weighted by molar-refractivity contribution is 0.726. The predicted octanol–water partition coefficient (Wildman–Crippen LogP) is 1.47. The quantitative estimate of drug-likeness (QED) is 0.555. The lowest BCUT2D eigenvalue weighted by Gasteiger charge is -1.95. The fourth-order valence-electron chi connectivity index (χ4n) is 0.602. The van der Waals surface area contributed by atoms with Gasteiger partial charge in [0.25, 0.3) is 0 Å². The van der Waals surface area contributed by atoms with Crippen molar-refractivity contribution >= 4 is 22.9 Å². The Kier molecular flexibility index (Phi) is 3.72. The summed E-state index contributed by atoms with van der Waals surface area (Å²) in [5.41, 5.74) is 0. The van der Waals surface area contributed by atoms with Crippen LogP contribution in [0.4, 0.5) is 0 Å². The van der Waals surface area contributed by atoms with Crippen LogP contribution in [0.25, 0.3) is 0 Å². The van der Waals surface area contributed by atoms with Gasteiger partial charge in [-0.1, -0.05) is 0 Å². The molecule has 0 aliphatic heterocycles. The average molecular weight is 177 g/mol. The highest BCUT2D eigenvalue weighted by Crippen LogP contribution is 2.01. The molecule has 1 heterocycles. The molecule has 0 radical (unpaired) electrons. The van der Waals surface area contributed by atoms with Crippen molar-refractivity contribution in [3.8, 4) is 0 Å². The van der Waals surface area contributed by atoms with Crippen molar-refractivity contribution in [2.45, 2.75) is 6.54 Å². The van der Waals surface area contributed by atoms with Crippen LogP contribution in [0.2, 0.25) is 0 Å². The minimum absolute atomic E-state index is 0.658. The molecule has 1 aromatic heterocycles. The van der Waals surface area contributed by atoms with E-state index < -0.39 is 0 Å². The summed E-state index contributed by atoms with van der Waals surface area (Å²) in [7, 11) is 0. The van der Waals surface area contributed by atoms with E-state index in [2.05, 4.69) is 10.3 Å². The number of hydrogen-bond acceptors (Lipinski definition) is 3. The van der Waals surface area contributed by atoms with E-state index in [0.717, 1.165) is 18.1 Å². The fraction of sp³-hybridized carbons (Fsp3) is 0.500. The molecule has 4 heteroatoms. The van der Waals surface area contributed by atoms with Crippen molar-refractivity contribution in [2.75, 3.05) is 12.4 Å². The second-order valence-electron chi connectivity index (χ2n) is 1.79. The van der Waals surface area contributed by atoms with Gasteiger partial charge in [-0.05, 0) is 0 Å². The van der Waals surface area contributed by atoms with E-state index in [-0.39, 0.29) is 0 Å². The molecular formula is C6H9ClN2S. The molecule has 2 nitrogen and oxygen atoms in total. The molecule has 0 unspecified atom stereocenters. The number of alkyl halides is 1. The number of halogens is 1. The molecule has 56 valence electrons. The Morgan fingerprint density at radius 2 is 2.60 bits per heavy atom. The fourth-order valence-corrected chi connectivity index (χ4v) is 1.32. The number of aromatic nitrogens is 1. The summed E-state index contributed by atoms with van der Waals surface area (Å²) in [4.78, 5) is 4.10. The number of nitrogens with one attached hydrogen (secondary N) is 1. The summed E-state index contributed by atoms with van der Waals surface area (Å²) in [5, 5.41) is 6.24. The van der Waals surface area contributed by atoms with Gasteiger partial charge in [0, 0.05) is 30.5 Å². The number of hydrogen-bond donors (Lipinski definition) is 1. The standard InChI is InChI=1S/C6H9ClN2S/c7-1-2-8-5-6-9-3-4-10-6/h3-4,8H,1-2,5H2. The molecule has 0 aromatic carbocycles. The molecule has 0 fully saturated rings. The zero-order valence-corrected chi connectivity index (χ0v) is 7.08. The minimum Gasteiger partial charge on any atom is -0.309 e. The van der Waals surface area contributed by atoms with Crippen molar-refractivity contribution in [3.05, 3.63) is 16.6 Å². The third-order valence-corrected chi connectivity index (χ3v) is 2.00. The first kappa shape index (κ1) is 7.98. The van der Waals surface area contributed by atoms with Gasteiger partial charge in [-0.15, -0.1) is 22.9 Å². The summed E-state index contributed by atoms with van der Waals surface area (Å²) in [6.07, 6.45) is 1.81. The molecule has 0 saturated heterocycles. The monoisotopic (exact) mass is 176 g/mol. The number of thiazole rings is 1. The molecule has 0 amide bonds. The molecule has 0 spiro atoms. The van der Waals surface area contributed by atoms with Crippen molar-refractivity contribution < 1.29 is 0 Å². The molecule has 0 aliphatic rings. The maximum Gasteiger partial charge on any atom is 0.106 e. The van der Waals surface area contributed by atoms with E-state index in [1.807, 2.05) is 11.6 Å².